The van der Waals surface area contributed by atoms with Gasteiger partial charge in [0.25, 0.3) is 0 Å². The van der Waals surface area contributed by atoms with E-state index in [1.807, 2.05) is 27.7 Å². The lowest BCUT2D eigenvalue weighted by Crippen LogP contribution is -2.34. The number of ether oxygens (including phenoxy) is 1. The highest BCUT2D eigenvalue weighted by atomic mass is 16.6. The molecule has 0 aliphatic carbocycles. The van der Waals surface area contributed by atoms with Gasteiger partial charge in [0.15, 0.2) is 0 Å². The molecule has 106 valence electrons. The van der Waals surface area contributed by atoms with Crippen LogP contribution in [-0.2, 0) is 4.74 Å². The predicted octanol–water partition coefficient (Wildman–Crippen LogP) is 2.60. The highest BCUT2D eigenvalue weighted by molar-refractivity contribution is 5.67. The largest absolute Gasteiger partial charge is 0.506 e. The fraction of sp³-hybridized carbons (Fsp3) is 0.500. The molecule has 0 radical (unpaired) electrons. The number of alkyl carbamates (subject to hydrolysis) is 1. The van der Waals surface area contributed by atoms with E-state index >= 15 is 0 Å². The van der Waals surface area contributed by atoms with Gasteiger partial charge in [0.1, 0.15) is 11.4 Å². The van der Waals surface area contributed by atoms with Crippen LogP contribution in [0.3, 0.4) is 0 Å². The van der Waals surface area contributed by atoms with Crippen molar-refractivity contribution in [3.05, 3.63) is 23.8 Å². The number of hydrogen-bond donors (Lipinski definition) is 3. The smallest absolute Gasteiger partial charge is 0.407 e. The standard InChI is InChI=1S/C14H22N2O3/c1-9(8-16-13(18)19-14(2,3)4)10-5-6-12(17)11(15)7-10/h5-7,9,17H,8,15H2,1-4H3,(H,16,18). The van der Waals surface area contributed by atoms with Gasteiger partial charge in [-0.25, -0.2) is 4.79 Å². The van der Waals surface area contributed by atoms with E-state index in [9.17, 15) is 9.90 Å². The maximum Gasteiger partial charge on any atom is 0.407 e. The number of anilines is 1. The number of rotatable bonds is 3. The lowest BCUT2D eigenvalue weighted by Gasteiger charge is -2.21. The Hall–Kier alpha value is -1.91. The van der Waals surface area contributed by atoms with Gasteiger partial charge < -0.3 is 20.9 Å². The molecule has 1 aromatic carbocycles. The maximum atomic E-state index is 11.5. The van der Waals surface area contributed by atoms with Crippen molar-refractivity contribution in [1.29, 1.82) is 0 Å². The van der Waals surface area contributed by atoms with Crippen LogP contribution in [0.2, 0.25) is 0 Å². The summed E-state index contributed by atoms with van der Waals surface area (Å²) in [5.74, 6) is 0.145. The molecule has 0 saturated carbocycles. The average Bonchev–Trinajstić information content (AvgIpc) is 2.27. The molecule has 4 N–H and O–H groups in total. The van der Waals surface area contributed by atoms with Gasteiger partial charge in [-0.1, -0.05) is 13.0 Å². The molecule has 5 nitrogen and oxygen atoms in total. The van der Waals surface area contributed by atoms with E-state index in [1.54, 1.807) is 18.2 Å². The predicted molar refractivity (Wildman–Crippen MR) is 75.2 cm³/mol. The molecule has 0 bridgehead atoms. The van der Waals surface area contributed by atoms with E-state index in [0.717, 1.165) is 5.56 Å². The monoisotopic (exact) mass is 266 g/mol. The zero-order valence-corrected chi connectivity index (χ0v) is 11.9. The van der Waals surface area contributed by atoms with Crippen LogP contribution in [0.25, 0.3) is 0 Å². The summed E-state index contributed by atoms with van der Waals surface area (Å²) >= 11 is 0. The van der Waals surface area contributed by atoms with Crippen LogP contribution < -0.4 is 11.1 Å². The molecular formula is C14H22N2O3. The molecule has 1 unspecified atom stereocenters. The second kappa shape index (κ2) is 5.82. The van der Waals surface area contributed by atoms with Crippen LogP contribution in [0.1, 0.15) is 39.2 Å². The summed E-state index contributed by atoms with van der Waals surface area (Å²) < 4.78 is 5.15. The fourth-order valence-electron chi connectivity index (χ4n) is 1.55. The van der Waals surface area contributed by atoms with Gasteiger partial charge in [-0.2, -0.15) is 0 Å². The topological polar surface area (TPSA) is 84.6 Å². The number of benzene rings is 1. The first-order valence-corrected chi connectivity index (χ1v) is 6.24. The van der Waals surface area contributed by atoms with Crippen molar-refractivity contribution in [1.82, 2.24) is 5.32 Å². The number of nitrogens with one attached hydrogen (secondary N) is 1. The van der Waals surface area contributed by atoms with Crippen LogP contribution in [-0.4, -0.2) is 23.3 Å². The van der Waals surface area contributed by atoms with Crippen LogP contribution in [0.4, 0.5) is 10.5 Å². The van der Waals surface area contributed by atoms with Crippen molar-refractivity contribution >= 4 is 11.8 Å². The average molecular weight is 266 g/mol. The van der Waals surface area contributed by atoms with E-state index in [2.05, 4.69) is 5.32 Å². The minimum Gasteiger partial charge on any atom is -0.506 e. The third kappa shape index (κ3) is 5.07. The Morgan fingerprint density at radius 1 is 1.47 bits per heavy atom. The molecule has 1 atom stereocenters. The molecule has 0 aliphatic heterocycles. The Morgan fingerprint density at radius 3 is 2.63 bits per heavy atom. The summed E-state index contributed by atoms with van der Waals surface area (Å²) in [4.78, 5) is 11.5. The summed E-state index contributed by atoms with van der Waals surface area (Å²) in [5.41, 5.74) is 6.42. The zero-order chi connectivity index (χ0) is 14.6. The number of hydrogen-bond acceptors (Lipinski definition) is 4. The molecule has 1 rings (SSSR count). The van der Waals surface area contributed by atoms with Gasteiger partial charge in [-0.15, -0.1) is 0 Å². The molecule has 0 aliphatic rings. The van der Waals surface area contributed by atoms with Crippen LogP contribution in [0, 0.1) is 0 Å². The molecule has 0 heterocycles. The lowest BCUT2D eigenvalue weighted by atomic mass is 10.0. The van der Waals surface area contributed by atoms with Crippen LogP contribution in [0.5, 0.6) is 5.75 Å². The van der Waals surface area contributed by atoms with Gasteiger partial charge in [0.2, 0.25) is 0 Å². The van der Waals surface area contributed by atoms with E-state index in [4.69, 9.17) is 10.5 Å². The molecule has 5 heteroatoms. The minimum atomic E-state index is -0.504. The maximum absolute atomic E-state index is 11.5. The molecule has 1 aromatic rings. The number of nitrogen functional groups attached to an aromatic ring is 1. The zero-order valence-electron chi connectivity index (χ0n) is 11.9. The minimum absolute atomic E-state index is 0.0658. The van der Waals surface area contributed by atoms with Crippen LogP contribution >= 0.6 is 0 Å². The number of phenolic OH excluding ortho intramolecular Hbond substituents is 1. The third-order valence-corrected chi connectivity index (χ3v) is 2.57. The van der Waals surface area contributed by atoms with Crippen molar-refractivity contribution in [2.45, 2.75) is 39.2 Å². The Morgan fingerprint density at radius 2 is 2.11 bits per heavy atom. The number of nitrogens with two attached hydrogens (primary N) is 1. The summed E-state index contributed by atoms with van der Waals surface area (Å²) in [5, 5.41) is 12.1. The number of carbonyl (C=O) groups is 1. The Labute approximate surface area is 113 Å². The van der Waals surface area contributed by atoms with Gasteiger partial charge in [0.05, 0.1) is 5.69 Å². The summed E-state index contributed by atoms with van der Waals surface area (Å²) in [7, 11) is 0. The summed E-state index contributed by atoms with van der Waals surface area (Å²) in [6.07, 6.45) is -0.439. The Balaban J connectivity index is 2.53. The first-order valence-electron chi connectivity index (χ1n) is 6.24. The van der Waals surface area contributed by atoms with Crippen molar-refractivity contribution in [3.63, 3.8) is 0 Å². The van der Waals surface area contributed by atoms with Crippen molar-refractivity contribution in [2.75, 3.05) is 12.3 Å². The number of aromatic hydroxyl groups is 1. The summed E-state index contributed by atoms with van der Waals surface area (Å²) in [6.45, 7) is 7.85. The molecule has 0 fully saturated rings. The van der Waals surface area contributed by atoms with Crippen molar-refractivity contribution < 1.29 is 14.6 Å². The second-order valence-corrected chi connectivity index (χ2v) is 5.60. The van der Waals surface area contributed by atoms with E-state index in [0.29, 0.717) is 12.2 Å². The van der Waals surface area contributed by atoms with Crippen LogP contribution in [0.15, 0.2) is 18.2 Å². The molecule has 0 spiro atoms. The number of amides is 1. The molecule has 1 amide bonds. The Kier molecular flexibility index (Phi) is 4.64. The molecular weight excluding hydrogens is 244 g/mol. The SMILES string of the molecule is CC(CNC(=O)OC(C)(C)C)c1ccc(O)c(N)c1. The third-order valence-electron chi connectivity index (χ3n) is 2.57. The van der Waals surface area contributed by atoms with Gasteiger partial charge in [-0.05, 0) is 44.4 Å². The van der Waals surface area contributed by atoms with Gasteiger partial charge in [-0.3, -0.25) is 0 Å². The first kappa shape index (κ1) is 15.1. The Bertz CT molecular complexity index is 452. The van der Waals surface area contributed by atoms with E-state index < -0.39 is 11.7 Å². The number of phenols is 1. The van der Waals surface area contributed by atoms with Gasteiger partial charge >= 0.3 is 6.09 Å². The quantitative estimate of drug-likeness (QED) is 0.580. The lowest BCUT2D eigenvalue weighted by molar-refractivity contribution is 0.0525. The normalized spacial score (nSPS) is 12.8. The fourth-order valence-corrected chi connectivity index (χ4v) is 1.55. The van der Waals surface area contributed by atoms with Crippen molar-refractivity contribution in [3.8, 4) is 5.75 Å². The van der Waals surface area contributed by atoms with E-state index in [-0.39, 0.29) is 11.7 Å². The van der Waals surface area contributed by atoms with Gasteiger partial charge in [0, 0.05) is 6.54 Å². The molecule has 19 heavy (non-hydrogen) atoms. The highest BCUT2D eigenvalue weighted by Gasteiger charge is 2.17. The summed E-state index contributed by atoms with van der Waals surface area (Å²) in [6, 6.07) is 5.04. The molecule has 0 saturated heterocycles. The van der Waals surface area contributed by atoms with Crippen molar-refractivity contribution in [2.24, 2.45) is 0 Å². The van der Waals surface area contributed by atoms with E-state index in [1.165, 1.54) is 0 Å². The second-order valence-electron chi connectivity index (χ2n) is 5.60. The first-order chi connectivity index (χ1) is 8.69. The highest BCUT2D eigenvalue weighted by Crippen LogP contribution is 2.24. The molecule has 0 aromatic heterocycles. The number of carbonyl (C=O) groups excluding carboxylic acids is 1.